The molecule has 0 bridgehead atoms. The highest BCUT2D eigenvalue weighted by atomic mass is 32.2. The van der Waals surface area contributed by atoms with Crippen LogP contribution >= 0.6 is 0 Å². The topological polar surface area (TPSA) is 488 Å². The molecule has 1 aliphatic carbocycles. The number of urea groups is 1. The SMILES string of the molecule is CC1(C)C(=CC=C2CCCC(C=CC3=[N+](CCCCS(=O)(=O)O)c4ccccc4C3(C)C)=C2Oc2ccc(CC(CC(=O)C[C@H](CC(=O)CC[C@H](NC(=O)NCCCC(=O)O)C(=O)O)C(=O)O)C(=O)O)cc2)N(CCCCS(=O)(=O)[O-])c2ccccc21.O=C=O.O=S(=O)=O.O=S(=O)=O. The van der Waals surface area contributed by atoms with Gasteiger partial charge in [-0.3, -0.25) is 28.5 Å². The van der Waals surface area contributed by atoms with Crippen molar-refractivity contribution in [3.8, 4) is 5.75 Å². The molecule has 7 N–H and O–H groups in total. The van der Waals surface area contributed by atoms with Crippen LogP contribution in [-0.2, 0) is 97.1 Å². The fourth-order valence-electron chi connectivity index (χ4n) is 11.4. The van der Waals surface area contributed by atoms with Gasteiger partial charge in [0.25, 0.3) is 10.1 Å². The Morgan fingerprint density at radius 1 is 0.694 bits per heavy atom. The van der Waals surface area contributed by atoms with Crippen LogP contribution in [0, 0.1) is 11.8 Å². The summed E-state index contributed by atoms with van der Waals surface area (Å²) in [5.74, 6) is -9.48. The molecule has 2 amide bonds. The highest BCUT2D eigenvalue weighted by Crippen LogP contribution is 2.48. The quantitative estimate of drug-likeness (QED) is 0.0211. The lowest BCUT2D eigenvalue weighted by atomic mass is 9.81. The number of fused-ring (bicyclic) bond motifs is 2. The van der Waals surface area contributed by atoms with E-state index < -0.39 is 149 Å². The van der Waals surface area contributed by atoms with E-state index in [1.165, 1.54) is 0 Å². The maximum atomic E-state index is 13.4. The maximum Gasteiger partial charge on any atom is 0.425 e. The first kappa shape index (κ1) is 83.0. The van der Waals surface area contributed by atoms with E-state index in [-0.39, 0.29) is 50.6 Å². The first-order chi connectivity index (χ1) is 45.8. The Labute approximate surface area is 568 Å². The smallest absolute Gasteiger partial charge is 0.425 e. The van der Waals surface area contributed by atoms with Gasteiger partial charge in [-0.1, -0.05) is 68.5 Å². The molecule has 0 saturated carbocycles. The molecule has 3 aromatic rings. The molecule has 2 heterocycles. The second-order valence-corrected chi connectivity index (χ2v) is 27.7. The van der Waals surface area contributed by atoms with Crippen molar-refractivity contribution in [3.63, 3.8) is 0 Å². The zero-order valence-electron chi connectivity index (χ0n) is 53.9. The van der Waals surface area contributed by atoms with Crippen LogP contribution in [0.3, 0.4) is 0 Å². The van der Waals surface area contributed by atoms with Crippen LogP contribution in [0.2, 0.25) is 0 Å². The van der Waals surface area contributed by atoms with Gasteiger partial charge in [0.05, 0.1) is 33.1 Å². The Balaban J connectivity index is 0.00000211. The molecule has 0 radical (unpaired) electrons. The summed E-state index contributed by atoms with van der Waals surface area (Å²) in [6.07, 6.45) is 8.75. The minimum Gasteiger partial charge on any atom is -0.748 e. The fraction of sp³-hybridized carbons (Fsp3) is 0.453. The van der Waals surface area contributed by atoms with Gasteiger partial charge in [-0.25, -0.2) is 18.0 Å². The zero-order chi connectivity index (χ0) is 73.7. The standard InChI is InChI=1S/C63H78N4O18S2.CO2.2O3S/c1-62(2)49-17-5-7-19-52(49)66(33-9-11-35-86(79,80)81)54(62)30-24-42-15-13-16-43(25-31-55-63(3,4)50-18-6-8-20-53(50)67(55)34-10-12-36-87(82,83)84)57(42)85-48-27-22-41(23-28-48)37-44(58(72)73)39-47(69)40-45(59(74)75)38-46(68)26-29-51(60(76)77)65-61(78)64-32-14-21-56(70)71;2-1-3;2*1-4(2)3/h5-8,17-20,22-25,27-28,30-31,44-45,51H,9-16,21,26,29,32-40H2,1-4H3,(H7-,64,65,70,71,72,73,74,75,76,77,78,79,80,81,82,83,84);;;/t44?,45-,51-;;;/m0.../s1. The van der Waals surface area contributed by atoms with Crippen LogP contribution in [0.4, 0.5) is 16.2 Å². The van der Waals surface area contributed by atoms with E-state index in [1.54, 1.807) is 24.3 Å². The van der Waals surface area contributed by atoms with E-state index in [1.807, 2.05) is 48.6 Å². The number of nitrogens with one attached hydrogen (secondary N) is 2. The van der Waals surface area contributed by atoms with Crippen LogP contribution in [0.15, 0.2) is 120 Å². The van der Waals surface area contributed by atoms with Crippen molar-refractivity contribution >= 4 is 106 Å². The molecule has 0 spiro atoms. The predicted molar refractivity (Wildman–Crippen MR) is 347 cm³/mol. The van der Waals surface area contributed by atoms with Crippen molar-refractivity contribution in [2.24, 2.45) is 11.8 Å². The number of hydrogen-bond donors (Lipinski definition) is 7. The van der Waals surface area contributed by atoms with Crippen molar-refractivity contribution in [1.29, 1.82) is 0 Å². The highest BCUT2D eigenvalue weighted by molar-refractivity contribution is 7.85. The normalized spacial score (nSPS) is 16.0. The highest BCUT2D eigenvalue weighted by Gasteiger charge is 2.44. The lowest BCUT2D eigenvalue weighted by molar-refractivity contribution is -0.438. The molecule has 534 valence electrons. The average Bonchev–Trinajstić information content (AvgIpc) is 1.60. The summed E-state index contributed by atoms with van der Waals surface area (Å²) in [6, 6.07) is 20.2. The number of nitrogens with zero attached hydrogens (tertiary/aromatic N) is 2. The number of para-hydroxylation sites is 2. The largest absolute Gasteiger partial charge is 0.748 e. The van der Waals surface area contributed by atoms with Crippen molar-refractivity contribution < 1.29 is 124 Å². The first-order valence-electron chi connectivity index (χ1n) is 30.4. The Hall–Kier alpha value is -9.18. The number of Topliss-reactive ketones (excluding diaryl/α,β-unsaturated/α-hetero) is 2. The van der Waals surface area contributed by atoms with Crippen LogP contribution in [-0.4, -0.2) is 167 Å². The third-order valence-electron chi connectivity index (χ3n) is 15.9. The third-order valence-corrected chi connectivity index (χ3v) is 17.5. The van der Waals surface area contributed by atoms with E-state index in [2.05, 4.69) is 72.1 Å². The van der Waals surface area contributed by atoms with Crippen molar-refractivity contribution in [2.45, 2.75) is 141 Å². The molecule has 6 rings (SSSR count). The molecule has 3 aliphatic rings. The summed E-state index contributed by atoms with van der Waals surface area (Å²) in [7, 11) is -14.8. The first-order valence-corrected chi connectivity index (χ1v) is 35.6. The molecule has 98 heavy (non-hydrogen) atoms. The van der Waals surface area contributed by atoms with E-state index in [0.717, 1.165) is 51.5 Å². The van der Waals surface area contributed by atoms with Gasteiger partial charge in [0.15, 0.2) is 5.71 Å². The van der Waals surface area contributed by atoms with E-state index in [9.17, 15) is 74.8 Å². The Morgan fingerprint density at radius 2 is 1.27 bits per heavy atom. The number of amides is 2. The minimum absolute atomic E-state index is 0.0568. The van der Waals surface area contributed by atoms with Gasteiger partial charge < -0.3 is 45.2 Å². The number of ketones is 2. The molecular weight excluding hydrogens is 1370 g/mol. The summed E-state index contributed by atoms with van der Waals surface area (Å²) in [4.78, 5) is 104. The molecule has 1 unspecified atom stereocenters. The third kappa shape index (κ3) is 28.1. The zero-order valence-corrected chi connectivity index (χ0v) is 57.2. The molecule has 34 heteroatoms. The number of rotatable bonds is 34. The number of allylic oxidation sites excluding steroid dienone is 7. The van der Waals surface area contributed by atoms with Crippen molar-refractivity contribution in [1.82, 2.24) is 10.6 Å². The fourth-order valence-corrected chi connectivity index (χ4v) is 12.5. The summed E-state index contributed by atoms with van der Waals surface area (Å²) < 4.78 is 127. The van der Waals surface area contributed by atoms with E-state index in [0.29, 0.717) is 55.8 Å². The van der Waals surface area contributed by atoms with Gasteiger partial charge in [0, 0.05) is 91.9 Å². The lowest BCUT2D eigenvalue weighted by Gasteiger charge is -2.28. The number of carbonyl (C=O) groups excluding carboxylic acids is 5. The number of carboxylic acids is 4. The summed E-state index contributed by atoms with van der Waals surface area (Å²) >= 11 is 0. The molecule has 2 aliphatic heterocycles. The molecule has 3 atom stereocenters. The molecule has 0 aromatic heterocycles. The number of carboxylic acid groups (broad SMARTS) is 4. The Morgan fingerprint density at radius 3 is 1.85 bits per heavy atom. The maximum absolute atomic E-state index is 13.4. The second-order valence-electron chi connectivity index (χ2n) is 23.7. The second kappa shape index (κ2) is 39.3. The summed E-state index contributed by atoms with van der Waals surface area (Å²) in [5, 5.41) is 43.1. The van der Waals surface area contributed by atoms with Crippen LogP contribution in [0.25, 0.3) is 0 Å². The number of carbonyl (C=O) groups is 7. The van der Waals surface area contributed by atoms with Gasteiger partial charge in [-0.15, -0.1) is 25.3 Å². The number of benzene rings is 3. The number of hydrogen-bond acceptors (Lipinski definition) is 22. The van der Waals surface area contributed by atoms with Gasteiger partial charge in [0.1, 0.15) is 35.7 Å². The van der Waals surface area contributed by atoms with Crippen LogP contribution < -0.4 is 20.3 Å². The molecule has 3 aromatic carbocycles. The van der Waals surface area contributed by atoms with Gasteiger partial charge in [0.2, 0.25) is 5.69 Å². The summed E-state index contributed by atoms with van der Waals surface area (Å²) in [5.41, 5.74) is 7.31. The van der Waals surface area contributed by atoms with E-state index >= 15 is 0 Å². The van der Waals surface area contributed by atoms with Gasteiger partial charge in [-0.05, 0) is 124 Å². The lowest BCUT2D eigenvalue weighted by Crippen LogP contribution is -2.46. The van der Waals surface area contributed by atoms with Crippen LogP contribution in [0.5, 0.6) is 5.75 Å². The van der Waals surface area contributed by atoms with Crippen LogP contribution in [0.1, 0.15) is 134 Å². The number of aliphatic carboxylic acids is 4. The van der Waals surface area contributed by atoms with Crippen molar-refractivity contribution in [3.05, 3.63) is 136 Å². The minimum atomic E-state index is -4.40. The van der Waals surface area contributed by atoms with Gasteiger partial charge in [-0.2, -0.15) is 22.6 Å². The predicted octanol–water partition coefficient (Wildman–Crippen LogP) is 5.80. The average molecular weight is 1450 g/mol. The molecular formula is C64H78N4O26S4. The van der Waals surface area contributed by atoms with Gasteiger partial charge >= 0.3 is 57.3 Å². The molecule has 30 nitrogen and oxygen atoms in total. The Bertz CT molecular complexity index is 4040. The number of unbranched alkanes of at least 4 members (excludes halogenated alkanes) is 2. The summed E-state index contributed by atoms with van der Waals surface area (Å²) in [6.45, 7) is 9.35. The Kier molecular flexibility index (Phi) is 33.3. The molecule has 0 fully saturated rings. The molecule has 0 saturated heterocycles. The number of anilines is 1. The van der Waals surface area contributed by atoms with E-state index in [4.69, 9.17) is 44.7 Å². The monoisotopic (exact) mass is 1450 g/mol. The number of ether oxygens (including phenoxy) is 1. The van der Waals surface area contributed by atoms with Crippen molar-refractivity contribution in [2.75, 3.05) is 36.0 Å².